The molecule has 0 aliphatic rings. The van der Waals surface area contributed by atoms with Crippen LogP contribution < -0.4 is 4.90 Å². The molecule has 1 atom stereocenters. The molecule has 0 spiro atoms. The summed E-state index contributed by atoms with van der Waals surface area (Å²) in [5.74, 6) is -1.33. The molecule has 1 amide bonds. The molecule has 2 rings (SSSR count). The highest BCUT2D eigenvalue weighted by atomic mass is 16.4. The molecule has 2 aromatic rings. The Bertz CT molecular complexity index is 572. The molecule has 1 aromatic carbocycles. The zero-order chi connectivity index (χ0) is 14.4. The van der Waals surface area contributed by atoms with Gasteiger partial charge in [0.25, 0.3) is 0 Å². The Morgan fingerprint density at radius 2 is 1.90 bits per heavy atom. The largest absolute Gasteiger partial charge is 0.481 e. The number of amides is 1. The lowest BCUT2D eigenvalue weighted by atomic mass is 9.99. The number of pyridine rings is 1. The van der Waals surface area contributed by atoms with Gasteiger partial charge in [-0.15, -0.1) is 0 Å². The summed E-state index contributed by atoms with van der Waals surface area (Å²) in [6.07, 6.45) is 2.16. The zero-order valence-electron chi connectivity index (χ0n) is 10.7. The number of aromatic nitrogens is 1. The fourth-order valence-corrected chi connectivity index (χ4v) is 1.92. The third kappa shape index (κ3) is 3.20. The number of hydrogen-bond donors (Lipinski definition) is 1. The molecule has 5 nitrogen and oxygen atoms in total. The van der Waals surface area contributed by atoms with Gasteiger partial charge in [0.2, 0.25) is 6.41 Å². The van der Waals surface area contributed by atoms with Gasteiger partial charge in [-0.1, -0.05) is 36.4 Å². The summed E-state index contributed by atoms with van der Waals surface area (Å²) in [5.41, 5.74) is 0.655. The van der Waals surface area contributed by atoms with E-state index in [9.17, 15) is 14.7 Å². The first kappa shape index (κ1) is 13.7. The number of aliphatic carboxylic acids is 1. The van der Waals surface area contributed by atoms with E-state index in [0.717, 1.165) is 0 Å². The van der Waals surface area contributed by atoms with Crippen LogP contribution >= 0.6 is 0 Å². The molecule has 1 heterocycles. The minimum Gasteiger partial charge on any atom is -0.481 e. The molecule has 5 heteroatoms. The highest BCUT2D eigenvalue weighted by Crippen LogP contribution is 2.19. The quantitative estimate of drug-likeness (QED) is 0.814. The number of carboxylic acids is 1. The van der Waals surface area contributed by atoms with E-state index in [1.165, 1.54) is 4.90 Å². The van der Waals surface area contributed by atoms with Gasteiger partial charge in [-0.2, -0.15) is 0 Å². The van der Waals surface area contributed by atoms with Gasteiger partial charge in [0, 0.05) is 12.7 Å². The van der Waals surface area contributed by atoms with Crippen LogP contribution in [-0.4, -0.2) is 29.0 Å². The Labute approximate surface area is 116 Å². The second kappa shape index (κ2) is 6.47. The van der Waals surface area contributed by atoms with Crippen molar-refractivity contribution < 1.29 is 14.7 Å². The molecule has 0 aliphatic carbocycles. The average molecular weight is 270 g/mol. The third-order valence-corrected chi connectivity index (χ3v) is 2.95. The summed E-state index contributed by atoms with van der Waals surface area (Å²) in [6.45, 7) is 0.0415. The van der Waals surface area contributed by atoms with Gasteiger partial charge in [0.1, 0.15) is 5.82 Å². The van der Waals surface area contributed by atoms with Crippen molar-refractivity contribution in [2.24, 2.45) is 0 Å². The Morgan fingerprint density at radius 1 is 1.20 bits per heavy atom. The van der Waals surface area contributed by atoms with Crippen LogP contribution in [0.4, 0.5) is 5.82 Å². The standard InChI is InChI=1S/C15H14N2O3/c18-11-17(14-8-4-5-9-16-14)10-13(15(19)20)12-6-2-1-3-7-12/h1-9,11,13H,10H2,(H,19,20). The summed E-state index contributed by atoms with van der Waals surface area (Å²) < 4.78 is 0. The van der Waals surface area contributed by atoms with Gasteiger partial charge in [-0.3, -0.25) is 14.5 Å². The number of carbonyl (C=O) groups excluding carboxylic acids is 1. The average Bonchev–Trinajstić information content (AvgIpc) is 2.50. The van der Waals surface area contributed by atoms with E-state index < -0.39 is 11.9 Å². The summed E-state index contributed by atoms with van der Waals surface area (Å²) in [6, 6.07) is 14.0. The number of hydrogen-bond acceptors (Lipinski definition) is 3. The number of benzene rings is 1. The fourth-order valence-electron chi connectivity index (χ4n) is 1.92. The van der Waals surface area contributed by atoms with Crippen LogP contribution in [-0.2, 0) is 9.59 Å². The van der Waals surface area contributed by atoms with Gasteiger partial charge < -0.3 is 5.11 Å². The van der Waals surface area contributed by atoms with E-state index in [1.54, 1.807) is 48.7 Å². The van der Waals surface area contributed by atoms with Crippen molar-refractivity contribution in [2.75, 3.05) is 11.4 Å². The molecule has 0 radical (unpaired) electrons. The predicted molar refractivity (Wildman–Crippen MR) is 74.5 cm³/mol. The maximum atomic E-state index is 11.4. The first-order valence-electron chi connectivity index (χ1n) is 6.13. The topological polar surface area (TPSA) is 70.5 Å². The van der Waals surface area contributed by atoms with E-state index in [1.807, 2.05) is 6.07 Å². The molecular weight excluding hydrogens is 256 g/mol. The second-order valence-electron chi connectivity index (χ2n) is 4.25. The maximum absolute atomic E-state index is 11.4. The highest BCUT2D eigenvalue weighted by Gasteiger charge is 2.23. The Hall–Kier alpha value is -2.69. The van der Waals surface area contributed by atoms with E-state index in [0.29, 0.717) is 17.8 Å². The molecule has 1 unspecified atom stereocenters. The SMILES string of the molecule is O=CN(CC(C(=O)O)c1ccccc1)c1ccccn1. The van der Waals surface area contributed by atoms with Crippen molar-refractivity contribution in [2.45, 2.75) is 5.92 Å². The molecule has 102 valence electrons. The number of carbonyl (C=O) groups is 2. The van der Waals surface area contributed by atoms with E-state index in [4.69, 9.17) is 0 Å². The maximum Gasteiger partial charge on any atom is 0.312 e. The van der Waals surface area contributed by atoms with Gasteiger partial charge in [0.15, 0.2) is 0 Å². The Morgan fingerprint density at radius 3 is 2.45 bits per heavy atom. The molecular formula is C15H14N2O3. The molecule has 1 N–H and O–H groups in total. The summed E-state index contributed by atoms with van der Waals surface area (Å²) in [5, 5.41) is 9.35. The van der Waals surface area contributed by atoms with Crippen LogP contribution in [0.2, 0.25) is 0 Å². The number of anilines is 1. The predicted octanol–water partition coefficient (Wildman–Crippen LogP) is 1.91. The first-order valence-corrected chi connectivity index (χ1v) is 6.13. The number of nitrogens with zero attached hydrogens (tertiary/aromatic N) is 2. The Balaban J connectivity index is 2.24. The number of rotatable bonds is 6. The van der Waals surface area contributed by atoms with Gasteiger partial charge >= 0.3 is 5.97 Å². The molecule has 0 fully saturated rings. The third-order valence-electron chi connectivity index (χ3n) is 2.95. The van der Waals surface area contributed by atoms with Crippen molar-refractivity contribution in [3.05, 3.63) is 60.3 Å². The summed E-state index contributed by atoms with van der Waals surface area (Å²) in [7, 11) is 0. The van der Waals surface area contributed by atoms with Crippen LogP contribution in [0.1, 0.15) is 11.5 Å². The lowest BCUT2D eigenvalue weighted by Crippen LogP contribution is -2.31. The van der Waals surface area contributed by atoms with Crippen molar-refractivity contribution in [3.8, 4) is 0 Å². The van der Waals surface area contributed by atoms with E-state index in [-0.39, 0.29) is 6.54 Å². The van der Waals surface area contributed by atoms with Gasteiger partial charge in [-0.25, -0.2) is 4.98 Å². The second-order valence-corrected chi connectivity index (χ2v) is 4.25. The van der Waals surface area contributed by atoms with Crippen molar-refractivity contribution >= 4 is 18.2 Å². The zero-order valence-corrected chi connectivity index (χ0v) is 10.7. The molecule has 0 aliphatic heterocycles. The fraction of sp³-hybridized carbons (Fsp3) is 0.133. The molecule has 0 saturated carbocycles. The lowest BCUT2D eigenvalue weighted by molar-refractivity contribution is -0.138. The van der Waals surface area contributed by atoms with E-state index >= 15 is 0 Å². The minimum absolute atomic E-state index is 0.0415. The number of carboxylic acid groups (broad SMARTS) is 1. The van der Waals surface area contributed by atoms with Crippen molar-refractivity contribution in [1.82, 2.24) is 4.98 Å². The first-order chi connectivity index (χ1) is 9.72. The molecule has 20 heavy (non-hydrogen) atoms. The monoisotopic (exact) mass is 270 g/mol. The van der Waals surface area contributed by atoms with Crippen molar-refractivity contribution in [3.63, 3.8) is 0 Å². The van der Waals surface area contributed by atoms with Crippen LogP contribution in [0.5, 0.6) is 0 Å². The normalized spacial score (nSPS) is 11.6. The molecule has 0 bridgehead atoms. The highest BCUT2D eigenvalue weighted by molar-refractivity contribution is 5.80. The summed E-state index contributed by atoms with van der Waals surface area (Å²) >= 11 is 0. The van der Waals surface area contributed by atoms with Crippen LogP contribution in [0.25, 0.3) is 0 Å². The minimum atomic E-state index is -0.973. The smallest absolute Gasteiger partial charge is 0.312 e. The van der Waals surface area contributed by atoms with Gasteiger partial charge in [-0.05, 0) is 17.7 Å². The summed E-state index contributed by atoms with van der Waals surface area (Å²) in [4.78, 5) is 28.0. The van der Waals surface area contributed by atoms with Crippen LogP contribution in [0, 0.1) is 0 Å². The van der Waals surface area contributed by atoms with Crippen molar-refractivity contribution in [1.29, 1.82) is 0 Å². The van der Waals surface area contributed by atoms with E-state index in [2.05, 4.69) is 4.98 Å². The Kier molecular flexibility index (Phi) is 4.44. The molecule has 0 saturated heterocycles. The van der Waals surface area contributed by atoms with Crippen LogP contribution in [0.3, 0.4) is 0 Å². The molecule has 1 aromatic heterocycles. The lowest BCUT2D eigenvalue weighted by Gasteiger charge is -2.21. The van der Waals surface area contributed by atoms with Crippen LogP contribution in [0.15, 0.2) is 54.7 Å². The van der Waals surface area contributed by atoms with Gasteiger partial charge in [0.05, 0.1) is 5.92 Å².